The van der Waals surface area contributed by atoms with Crippen molar-refractivity contribution >= 4 is 0 Å². The van der Waals surface area contributed by atoms with Gasteiger partial charge in [-0.1, -0.05) is 0 Å². The fraction of sp³-hybridized carbons (Fsp3) is 1.00. The lowest BCUT2D eigenvalue weighted by Crippen LogP contribution is -2.45. The Morgan fingerprint density at radius 2 is 2.09 bits per heavy atom. The zero-order valence-electron chi connectivity index (χ0n) is 7.14. The van der Waals surface area contributed by atoms with Crippen LogP contribution in [-0.2, 0) is 9.47 Å². The van der Waals surface area contributed by atoms with Crippen LogP contribution in [0.3, 0.4) is 0 Å². The van der Waals surface area contributed by atoms with E-state index < -0.39 is 0 Å². The molecular weight excluding hydrogens is 142 g/mol. The highest BCUT2D eigenvalue weighted by molar-refractivity contribution is 4.84. The zero-order valence-corrected chi connectivity index (χ0v) is 7.14. The van der Waals surface area contributed by atoms with Crippen molar-refractivity contribution in [3.8, 4) is 0 Å². The quantitative estimate of drug-likeness (QED) is 0.653. The predicted molar refractivity (Wildman–Crippen MR) is 43.5 cm³/mol. The molecule has 0 saturated carbocycles. The average Bonchev–Trinajstić information content (AvgIpc) is 2.07. The van der Waals surface area contributed by atoms with Crippen molar-refractivity contribution in [3.05, 3.63) is 0 Å². The van der Waals surface area contributed by atoms with E-state index in [0.717, 1.165) is 32.7 Å². The summed E-state index contributed by atoms with van der Waals surface area (Å²) in [6.07, 6.45) is 1.88. The highest BCUT2D eigenvalue weighted by Crippen LogP contribution is 2.23. The van der Waals surface area contributed by atoms with Crippen LogP contribution in [0.2, 0.25) is 0 Å². The average molecular weight is 159 g/mol. The molecule has 1 heterocycles. The van der Waals surface area contributed by atoms with Gasteiger partial charge in [0.2, 0.25) is 0 Å². The molecule has 3 heteroatoms. The SMILES string of the molecule is CCOC1(CN)CCOCC1. The normalized spacial score (nSPS) is 23.5. The van der Waals surface area contributed by atoms with E-state index in [4.69, 9.17) is 15.2 Å². The summed E-state index contributed by atoms with van der Waals surface area (Å²) in [5.74, 6) is 0. The first-order valence-corrected chi connectivity index (χ1v) is 4.25. The number of hydrogen-bond acceptors (Lipinski definition) is 3. The molecule has 0 aliphatic carbocycles. The highest BCUT2D eigenvalue weighted by atomic mass is 16.5. The van der Waals surface area contributed by atoms with Gasteiger partial charge in [0.1, 0.15) is 0 Å². The maximum atomic E-state index is 5.64. The van der Waals surface area contributed by atoms with Crippen molar-refractivity contribution < 1.29 is 9.47 Å². The van der Waals surface area contributed by atoms with Gasteiger partial charge in [0, 0.05) is 39.2 Å². The lowest BCUT2D eigenvalue weighted by molar-refractivity contribution is -0.100. The maximum absolute atomic E-state index is 5.64. The molecule has 66 valence electrons. The van der Waals surface area contributed by atoms with Gasteiger partial charge >= 0.3 is 0 Å². The fourth-order valence-corrected chi connectivity index (χ4v) is 1.46. The van der Waals surface area contributed by atoms with Gasteiger partial charge in [-0.25, -0.2) is 0 Å². The Bertz CT molecular complexity index is 105. The van der Waals surface area contributed by atoms with Crippen LogP contribution in [0.1, 0.15) is 19.8 Å². The second-order valence-corrected chi connectivity index (χ2v) is 2.93. The van der Waals surface area contributed by atoms with Crippen LogP contribution < -0.4 is 5.73 Å². The number of ether oxygens (including phenoxy) is 2. The van der Waals surface area contributed by atoms with Gasteiger partial charge in [0.15, 0.2) is 0 Å². The van der Waals surface area contributed by atoms with Crippen LogP contribution in [-0.4, -0.2) is 32.0 Å². The van der Waals surface area contributed by atoms with Gasteiger partial charge < -0.3 is 15.2 Å². The first-order chi connectivity index (χ1) is 5.33. The number of nitrogens with two attached hydrogens (primary N) is 1. The summed E-state index contributed by atoms with van der Waals surface area (Å²) in [5, 5.41) is 0. The smallest absolute Gasteiger partial charge is 0.0847 e. The molecular formula is C8H17NO2. The molecule has 0 radical (unpaired) electrons. The Morgan fingerprint density at radius 1 is 1.45 bits per heavy atom. The highest BCUT2D eigenvalue weighted by Gasteiger charge is 2.31. The van der Waals surface area contributed by atoms with E-state index >= 15 is 0 Å². The maximum Gasteiger partial charge on any atom is 0.0847 e. The molecule has 3 nitrogen and oxygen atoms in total. The molecule has 0 aromatic rings. The molecule has 0 spiro atoms. The summed E-state index contributed by atoms with van der Waals surface area (Å²) >= 11 is 0. The summed E-state index contributed by atoms with van der Waals surface area (Å²) in [6.45, 7) is 4.95. The first-order valence-electron chi connectivity index (χ1n) is 4.25. The molecule has 1 aliphatic rings. The molecule has 1 rings (SSSR count). The molecule has 1 aliphatic heterocycles. The minimum Gasteiger partial charge on any atom is -0.381 e. The molecule has 0 bridgehead atoms. The molecule has 1 fully saturated rings. The minimum atomic E-state index is -0.0764. The van der Waals surface area contributed by atoms with E-state index in [-0.39, 0.29) is 5.60 Å². The van der Waals surface area contributed by atoms with Gasteiger partial charge in [0.05, 0.1) is 5.60 Å². The van der Waals surface area contributed by atoms with Gasteiger partial charge in [-0.2, -0.15) is 0 Å². The van der Waals surface area contributed by atoms with E-state index in [2.05, 4.69) is 0 Å². The van der Waals surface area contributed by atoms with E-state index in [0.29, 0.717) is 6.54 Å². The van der Waals surface area contributed by atoms with Crippen molar-refractivity contribution in [1.29, 1.82) is 0 Å². The third kappa shape index (κ3) is 2.15. The van der Waals surface area contributed by atoms with E-state index in [9.17, 15) is 0 Å². The largest absolute Gasteiger partial charge is 0.381 e. The third-order valence-electron chi connectivity index (χ3n) is 2.23. The Labute approximate surface area is 67.9 Å². The van der Waals surface area contributed by atoms with Crippen LogP contribution in [0.4, 0.5) is 0 Å². The van der Waals surface area contributed by atoms with Gasteiger partial charge in [0.25, 0.3) is 0 Å². The topological polar surface area (TPSA) is 44.5 Å². The molecule has 0 atom stereocenters. The molecule has 0 aromatic carbocycles. The van der Waals surface area contributed by atoms with Crippen LogP contribution >= 0.6 is 0 Å². The van der Waals surface area contributed by atoms with Crippen molar-refractivity contribution in [1.82, 2.24) is 0 Å². The second-order valence-electron chi connectivity index (χ2n) is 2.93. The fourth-order valence-electron chi connectivity index (χ4n) is 1.46. The molecule has 2 N–H and O–H groups in total. The standard InChI is InChI=1S/C8H17NO2/c1-2-11-8(7-9)3-5-10-6-4-8/h2-7,9H2,1H3. The summed E-state index contributed by atoms with van der Waals surface area (Å²) in [5.41, 5.74) is 5.57. The summed E-state index contributed by atoms with van der Waals surface area (Å²) in [6, 6.07) is 0. The van der Waals surface area contributed by atoms with Crippen LogP contribution in [0.15, 0.2) is 0 Å². The molecule has 11 heavy (non-hydrogen) atoms. The lowest BCUT2D eigenvalue weighted by atomic mass is 9.94. The van der Waals surface area contributed by atoms with Gasteiger partial charge in [-0.15, -0.1) is 0 Å². The predicted octanol–water partition coefficient (Wildman–Crippen LogP) is 0.531. The number of rotatable bonds is 3. The molecule has 0 aromatic heterocycles. The van der Waals surface area contributed by atoms with Crippen LogP contribution in [0, 0.1) is 0 Å². The Morgan fingerprint density at radius 3 is 2.55 bits per heavy atom. The van der Waals surface area contributed by atoms with Gasteiger partial charge in [-0.3, -0.25) is 0 Å². The summed E-state index contributed by atoms with van der Waals surface area (Å²) < 4.78 is 10.9. The zero-order chi connectivity index (χ0) is 8.16. The molecule has 1 saturated heterocycles. The summed E-state index contributed by atoms with van der Waals surface area (Å²) in [4.78, 5) is 0. The van der Waals surface area contributed by atoms with Crippen molar-refractivity contribution in [3.63, 3.8) is 0 Å². The Kier molecular flexibility index (Phi) is 3.30. The Balaban J connectivity index is 2.42. The lowest BCUT2D eigenvalue weighted by Gasteiger charge is -2.35. The van der Waals surface area contributed by atoms with Crippen molar-refractivity contribution in [2.24, 2.45) is 5.73 Å². The third-order valence-corrected chi connectivity index (χ3v) is 2.23. The second kappa shape index (κ2) is 4.04. The van der Waals surface area contributed by atoms with Crippen LogP contribution in [0.25, 0.3) is 0 Å². The van der Waals surface area contributed by atoms with Crippen molar-refractivity contribution in [2.45, 2.75) is 25.4 Å². The molecule has 0 amide bonds. The Hall–Kier alpha value is -0.120. The van der Waals surface area contributed by atoms with Crippen LogP contribution in [0.5, 0.6) is 0 Å². The number of hydrogen-bond donors (Lipinski definition) is 1. The summed E-state index contributed by atoms with van der Waals surface area (Å²) in [7, 11) is 0. The first kappa shape index (κ1) is 8.97. The van der Waals surface area contributed by atoms with E-state index in [1.807, 2.05) is 6.92 Å². The van der Waals surface area contributed by atoms with Gasteiger partial charge in [-0.05, 0) is 6.92 Å². The molecule has 0 unspecified atom stereocenters. The monoisotopic (exact) mass is 159 g/mol. The van der Waals surface area contributed by atoms with E-state index in [1.165, 1.54) is 0 Å². The minimum absolute atomic E-state index is 0.0764. The van der Waals surface area contributed by atoms with E-state index in [1.54, 1.807) is 0 Å². The van der Waals surface area contributed by atoms with Crippen molar-refractivity contribution in [2.75, 3.05) is 26.4 Å².